The van der Waals surface area contributed by atoms with Crippen LogP contribution in [0.15, 0.2) is 30.3 Å². The lowest BCUT2D eigenvalue weighted by molar-refractivity contribution is -0.384. The summed E-state index contributed by atoms with van der Waals surface area (Å²) in [5.41, 5.74) is 0.899. The van der Waals surface area contributed by atoms with Crippen LogP contribution in [0.2, 0.25) is 0 Å². The van der Waals surface area contributed by atoms with Gasteiger partial charge in [0, 0.05) is 12.1 Å². The van der Waals surface area contributed by atoms with E-state index in [0.717, 1.165) is 5.56 Å². The molecular formula is C10H11NO3. The van der Waals surface area contributed by atoms with Crippen LogP contribution in [0, 0.1) is 10.1 Å². The molecule has 0 spiro atoms. The fraction of sp³-hybridized carbons (Fsp3) is 0.200. The molecule has 4 nitrogen and oxygen atoms in total. The van der Waals surface area contributed by atoms with Gasteiger partial charge in [0.25, 0.3) is 5.69 Å². The average molecular weight is 193 g/mol. The van der Waals surface area contributed by atoms with Gasteiger partial charge in [-0.3, -0.25) is 10.1 Å². The van der Waals surface area contributed by atoms with Crippen LogP contribution in [0.4, 0.5) is 5.69 Å². The van der Waals surface area contributed by atoms with Crippen LogP contribution in [0.25, 0.3) is 6.08 Å². The fourth-order valence-electron chi connectivity index (χ4n) is 0.958. The van der Waals surface area contributed by atoms with Gasteiger partial charge in [-0.1, -0.05) is 12.2 Å². The zero-order chi connectivity index (χ0) is 10.6. The lowest BCUT2D eigenvalue weighted by Crippen LogP contribution is -1.91. The summed E-state index contributed by atoms with van der Waals surface area (Å²) >= 11 is 0. The second kappa shape index (κ2) is 4.53. The highest BCUT2D eigenvalue weighted by molar-refractivity contribution is 5.52. The molecule has 0 radical (unpaired) electrons. The van der Waals surface area contributed by atoms with Crippen molar-refractivity contribution in [3.63, 3.8) is 0 Å². The molecule has 0 aliphatic rings. The van der Waals surface area contributed by atoms with E-state index in [2.05, 4.69) is 0 Å². The molecule has 74 valence electrons. The Labute approximate surface area is 81.6 Å². The third kappa shape index (κ3) is 2.99. The van der Waals surface area contributed by atoms with E-state index in [1.807, 2.05) is 0 Å². The Morgan fingerprint density at radius 1 is 1.43 bits per heavy atom. The first-order valence-electron chi connectivity index (χ1n) is 4.20. The number of aliphatic hydroxyl groups excluding tert-OH is 1. The van der Waals surface area contributed by atoms with Crippen molar-refractivity contribution in [1.29, 1.82) is 0 Å². The SMILES string of the molecule is CC(O)/C=C\c1ccc([N+](=O)[O-])cc1. The lowest BCUT2D eigenvalue weighted by atomic mass is 10.2. The minimum absolute atomic E-state index is 0.0687. The summed E-state index contributed by atoms with van der Waals surface area (Å²) in [4.78, 5) is 9.88. The molecule has 14 heavy (non-hydrogen) atoms. The molecule has 1 aromatic rings. The van der Waals surface area contributed by atoms with Crippen LogP contribution in [-0.2, 0) is 0 Å². The smallest absolute Gasteiger partial charge is 0.269 e. The maximum absolute atomic E-state index is 10.3. The summed E-state index contributed by atoms with van der Waals surface area (Å²) < 4.78 is 0. The van der Waals surface area contributed by atoms with Gasteiger partial charge in [0.15, 0.2) is 0 Å². The zero-order valence-corrected chi connectivity index (χ0v) is 7.75. The summed E-state index contributed by atoms with van der Waals surface area (Å²) in [5.74, 6) is 0. The number of hydrogen-bond acceptors (Lipinski definition) is 3. The molecule has 0 aliphatic heterocycles. The number of hydrogen-bond donors (Lipinski definition) is 1. The maximum Gasteiger partial charge on any atom is 0.269 e. The van der Waals surface area contributed by atoms with E-state index in [0.29, 0.717) is 0 Å². The first-order chi connectivity index (χ1) is 6.59. The third-order valence-corrected chi connectivity index (χ3v) is 1.67. The Kier molecular flexibility index (Phi) is 3.36. The summed E-state index contributed by atoms with van der Waals surface area (Å²) in [6.45, 7) is 1.64. The monoisotopic (exact) mass is 193 g/mol. The van der Waals surface area contributed by atoms with E-state index < -0.39 is 11.0 Å². The van der Waals surface area contributed by atoms with Gasteiger partial charge in [0.1, 0.15) is 0 Å². The first kappa shape index (κ1) is 10.4. The molecule has 0 heterocycles. The van der Waals surface area contributed by atoms with Gasteiger partial charge in [0.05, 0.1) is 11.0 Å². The third-order valence-electron chi connectivity index (χ3n) is 1.67. The van der Waals surface area contributed by atoms with Crippen molar-refractivity contribution in [3.8, 4) is 0 Å². The van der Waals surface area contributed by atoms with E-state index in [1.165, 1.54) is 12.1 Å². The second-order valence-corrected chi connectivity index (χ2v) is 2.95. The average Bonchev–Trinajstić information content (AvgIpc) is 2.15. The molecule has 0 saturated heterocycles. The van der Waals surface area contributed by atoms with E-state index >= 15 is 0 Å². The minimum Gasteiger partial charge on any atom is -0.389 e. The molecule has 0 aromatic heterocycles. The molecule has 0 saturated carbocycles. The number of nitrogens with zero attached hydrogens (tertiary/aromatic N) is 1. The highest BCUT2D eigenvalue weighted by Gasteiger charge is 2.01. The number of rotatable bonds is 3. The number of nitro benzene ring substituents is 1. The van der Waals surface area contributed by atoms with Crippen molar-refractivity contribution in [2.45, 2.75) is 13.0 Å². The fourth-order valence-corrected chi connectivity index (χ4v) is 0.958. The summed E-state index contributed by atoms with van der Waals surface area (Å²) in [6, 6.07) is 6.14. The standard InChI is InChI=1S/C10H11NO3/c1-8(12)2-3-9-4-6-10(7-5-9)11(13)14/h2-8,12H,1H3/b3-2-. The summed E-state index contributed by atoms with van der Waals surface area (Å²) in [6.07, 6.45) is 2.82. The van der Waals surface area contributed by atoms with Crippen LogP contribution >= 0.6 is 0 Å². The molecule has 1 aromatic carbocycles. The zero-order valence-electron chi connectivity index (χ0n) is 7.75. The lowest BCUT2D eigenvalue weighted by Gasteiger charge is -1.95. The maximum atomic E-state index is 10.3. The summed E-state index contributed by atoms with van der Waals surface area (Å²) in [7, 11) is 0. The predicted octanol–water partition coefficient (Wildman–Crippen LogP) is 1.99. The Hall–Kier alpha value is -1.68. The number of non-ortho nitro benzene ring substituents is 1. The first-order valence-corrected chi connectivity index (χ1v) is 4.20. The van der Waals surface area contributed by atoms with E-state index in [4.69, 9.17) is 5.11 Å². The molecule has 0 fully saturated rings. The predicted molar refractivity (Wildman–Crippen MR) is 53.8 cm³/mol. The largest absolute Gasteiger partial charge is 0.389 e. The van der Waals surface area contributed by atoms with Crippen LogP contribution in [0.3, 0.4) is 0 Å². The number of aliphatic hydroxyl groups is 1. The second-order valence-electron chi connectivity index (χ2n) is 2.95. The Morgan fingerprint density at radius 2 is 2.00 bits per heavy atom. The van der Waals surface area contributed by atoms with E-state index in [1.54, 1.807) is 31.2 Å². The van der Waals surface area contributed by atoms with Gasteiger partial charge in [-0.25, -0.2) is 0 Å². The Balaban J connectivity index is 2.78. The van der Waals surface area contributed by atoms with Crippen molar-refractivity contribution in [1.82, 2.24) is 0 Å². The van der Waals surface area contributed by atoms with Crippen molar-refractivity contribution >= 4 is 11.8 Å². The van der Waals surface area contributed by atoms with Crippen LogP contribution in [0.5, 0.6) is 0 Å². The van der Waals surface area contributed by atoms with Gasteiger partial charge in [-0.05, 0) is 24.6 Å². The number of benzene rings is 1. The normalized spacial score (nSPS) is 13.0. The highest BCUT2D eigenvalue weighted by atomic mass is 16.6. The molecule has 1 N–H and O–H groups in total. The van der Waals surface area contributed by atoms with Crippen LogP contribution < -0.4 is 0 Å². The Bertz CT molecular complexity index is 341. The van der Waals surface area contributed by atoms with Crippen LogP contribution in [0.1, 0.15) is 12.5 Å². The van der Waals surface area contributed by atoms with E-state index in [-0.39, 0.29) is 5.69 Å². The molecule has 4 heteroatoms. The molecule has 0 amide bonds. The minimum atomic E-state index is -0.509. The molecular weight excluding hydrogens is 182 g/mol. The number of nitro groups is 1. The van der Waals surface area contributed by atoms with Gasteiger partial charge >= 0.3 is 0 Å². The van der Waals surface area contributed by atoms with Crippen molar-refractivity contribution in [2.75, 3.05) is 0 Å². The van der Waals surface area contributed by atoms with Crippen molar-refractivity contribution < 1.29 is 10.0 Å². The molecule has 1 atom stereocenters. The molecule has 0 bridgehead atoms. The van der Waals surface area contributed by atoms with Gasteiger partial charge in [0.2, 0.25) is 0 Å². The van der Waals surface area contributed by atoms with Gasteiger partial charge in [-0.2, -0.15) is 0 Å². The van der Waals surface area contributed by atoms with Crippen molar-refractivity contribution in [3.05, 3.63) is 46.0 Å². The topological polar surface area (TPSA) is 63.4 Å². The van der Waals surface area contributed by atoms with Gasteiger partial charge in [-0.15, -0.1) is 0 Å². The van der Waals surface area contributed by atoms with Crippen LogP contribution in [-0.4, -0.2) is 16.1 Å². The molecule has 0 aliphatic carbocycles. The van der Waals surface area contributed by atoms with Gasteiger partial charge < -0.3 is 5.11 Å². The Morgan fingerprint density at radius 3 is 2.43 bits per heavy atom. The highest BCUT2D eigenvalue weighted by Crippen LogP contribution is 2.12. The van der Waals surface area contributed by atoms with Crippen molar-refractivity contribution in [2.24, 2.45) is 0 Å². The summed E-state index contributed by atoms with van der Waals surface area (Å²) in [5, 5.41) is 19.3. The molecule has 1 rings (SSSR count). The quantitative estimate of drug-likeness (QED) is 0.589. The molecule has 1 unspecified atom stereocenters. The van der Waals surface area contributed by atoms with E-state index in [9.17, 15) is 10.1 Å².